The Morgan fingerprint density at radius 3 is 1.42 bits per heavy atom. The van der Waals surface area contributed by atoms with E-state index in [9.17, 15) is 9.59 Å². The zero-order chi connectivity index (χ0) is 36.4. The summed E-state index contributed by atoms with van der Waals surface area (Å²) in [6.45, 7) is 4.40. The maximum Gasteiger partial charge on any atom is 0.306 e. The first-order valence-electron chi connectivity index (χ1n) is 20.9. The molecule has 1 unspecified atom stereocenters. The van der Waals surface area contributed by atoms with E-state index in [2.05, 4.69) is 86.8 Å². The molecule has 0 amide bonds. The molecule has 0 aliphatic heterocycles. The SMILES string of the molecule is CC/C=C\C/C=C\C/C=C\C/C=C\CCCCCCCCCCCCC(=O)OC(/C=C\C/C=C\CCCCC)CCCCCCCCC(=O)O. The summed E-state index contributed by atoms with van der Waals surface area (Å²) in [5, 5.41) is 8.78. The second-order valence-corrected chi connectivity index (χ2v) is 13.8. The van der Waals surface area contributed by atoms with Gasteiger partial charge in [-0.05, 0) is 89.5 Å². The van der Waals surface area contributed by atoms with Gasteiger partial charge in [-0.1, -0.05) is 171 Å². The Hall–Kier alpha value is -2.62. The molecule has 0 heterocycles. The van der Waals surface area contributed by atoms with Gasteiger partial charge in [-0.25, -0.2) is 0 Å². The minimum Gasteiger partial charge on any atom is -0.481 e. The van der Waals surface area contributed by atoms with E-state index in [1.807, 2.05) is 0 Å². The minimum atomic E-state index is -0.705. The third-order valence-corrected chi connectivity index (χ3v) is 8.90. The van der Waals surface area contributed by atoms with E-state index in [1.165, 1.54) is 77.0 Å². The average molecular weight is 695 g/mol. The van der Waals surface area contributed by atoms with Gasteiger partial charge in [-0.2, -0.15) is 0 Å². The molecule has 1 atom stereocenters. The Morgan fingerprint density at radius 1 is 0.480 bits per heavy atom. The normalized spacial score (nSPS) is 13.0. The smallest absolute Gasteiger partial charge is 0.306 e. The van der Waals surface area contributed by atoms with Gasteiger partial charge >= 0.3 is 11.9 Å². The topological polar surface area (TPSA) is 63.6 Å². The first-order valence-corrected chi connectivity index (χ1v) is 20.9. The summed E-state index contributed by atoms with van der Waals surface area (Å²) in [7, 11) is 0. The number of hydrogen-bond donors (Lipinski definition) is 1. The number of ether oxygens (including phenoxy) is 1. The summed E-state index contributed by atoms with van der Waals surface area (Å²) in [5.74, 6) is -0.767. The molecule has 0 saturated carbocycles. The monoisotopic (exact) mass is 695 g/mol. The van der Waals surface area contributed by atoms with Gasteiger partial charge < -0.3 is 9.84 Å². The highest BCUT2D eigenvalue weighted by Gasteiger charge is 2.11. The lowest BCUT2D eigenvalue weighted by atomic mass is 10.0. The summed E-state index contributed by atoms with van der Waals surface area (Å²) in [4.78, 5) is 23.3. The summed E-state index contributed by atoms with van der Waals surface area (Å²) < 4.78 is 5.91. The van der Waals surface area contributed by atoms with Crippen molar-refractivity contribution < 1.29 is 19.4 Å². The molecule has 0 aliphatic carbocycles. The standard InChI is InChI=1S/C46H78O4/c1-3-5-7-9-11-13-14-15-16-17-18-19-20-21-22-23-24-25-26-27-29-35-39-43-46(49)50-44(40-36-32-28-12-10-8-6-4-2)41-37-33-30-31-34-38-42-45(47)48/h5,7,11-13,15-16,18-19,28,36,40,44H,3-4,6,8-10,14,17,20-27,29-35,37-39,41-43H2,1-2H3,(H,47,48)/b7-5-,13-11-,16-15-,19-18-,28-12-,40-36-. The van der Waals surface area contributed by atoms with Crippen molar-refractivity contribution in [2.75, 3.05) is 0 Å². The van der Waals surface area contributed by atoms with Gasteiger partial charge in [0.15, 0.2) is 0 Å². The van der Waals surface area contributed by atoms with E-state index in [1.54, 1.807) is 0 Å². The lowest BCUT2D eigenvalue weighted by Gasteiger charge is -2.14. The van der Waals surface area contributed by atoms with Crippen LogP contribution in [0, 0.1) is 0 Å². The van der Waals surface area contributed by atoms with Gasteiger partial charge in [0.25, 0.3) is 0 Å². The van der Waals surface area contributed by atoms with Crippen LogP contribution in [0.1, 0.15) is 200 Å². The molecular formula is C46H78O4. The van der Waals surface area contributed by atoms with Crippen molar-refractivity contribution in [3.8, 4) is 0 Å². The fourth-order valence-corrected chi connectivity index (χ4v) is 5.83. The number of esters is 1. The van der Waals surface area contributed by atoms with E-state index in [0.29, 0.717) is 6.42 Å². The zero-order valence-corrected chi connectivity index (χ0v) is 32.7. The molecule has 50 heavy (non-hydrogen) atoms. The molecule has 0 aromatic carbocycles. The number of carboxylic acid groups (broad SMARTS) is 1. The predicted octanol–water partition coefficient (Wildman–Crippen LogP) is 14.7. The third-order valence-electron chi connectivity index (χ3n) is 8.90. The second kappa shape index (κ2) is 40.8. The van der Waals surface area contributed by atoms with Crippen LogP contribution in [0.4, 0.5) is 0 Å². The van der Waals surface area contributed by atoms with Crippen LogP contribution >= 0.6 is 0 Å². The Labute approximate surface area is 309 Å². The lowest BCUT2D eigenvalue weighted by molar-refractivity contribution is -0.147. The number of carbonyl (C=O) groups is 2. The molecule has 0 radical (unpaired) electrons. The Morgan fingerprint density at radius 2 is 0.900 bits per heavy atom. The fourth-order valence-electron chi connectivity index (χ4n) is 5.83. The number of rotatable bonds is 37. The van der Waals surface area contributed by atoms with Crippen molar-refractivity contribution in [1.82, 2.24) is 0 Å². The number of allylic oxidation sites excluding steroid dienone is 11. The molecule has 4 nitrogen and oxygen atoms in total. The second-order valence-electron chi connectivity index (χ2n) is 13.8. The molecule has 4 heteroatoms. The maximum absolute atomic E-state index is 12.6. The predicted molar refractivity (Wildman–Crippen MR) is 218 cm³/mol. The summed E-state index contributed by atoms with van der Waals surface area (Å²) in [6.07, 6.45) is 58.0. The van der Waals surface area contributed by atoms with Crippen LogP contribution in [-0.4, -0.2) is 23.1 Å². The molecule has 0 fully saturated rings. The Balaban J connectivity index is 3.95. The average Bonchev–Trinajstić information content (AvgIpc) is 3.10. The first-order chi connectivity index (χ1) is 24.6. The lowest BCUT2D eigenvalue weighted by Crippen LogP contribution is -2.16. The Kier molecular flexibility index (Phi) is 38.7. The summed E-state index contributed by atoms with van der Waals surface area (Å²) in [6, 6.07) is 0. The largest absolute Gasteiger partial charge is 0.481 e. The third kappa shape index (κ3) is 39.8. The van der Waals surface area contributed by atoms with E-state index in [-0.39, 0.29) is 18.5 Å². The first kappa shape index (κ1) is 47.4. The quantitative estimate of drug-likeness (QED) is 0.0399. The number of carbonyl (C=O) groups excluding carboxylic acids is 1. The van der Waals surface area contributed by atoms with Gasteiger partial charge in [-0.3, -0.25) is 9.59 Å². The van der Waals surface area contributed by atoms with Crippen LogP contribution in [-0.2, 0) is 14.3 Å². The van der Waals surface area contributed by atoms with Crippen LogP contribution in [0.3, 0.4) is 0 Å². The van der Waals surface area contributed by atoms with E-state index >= 15 is 0 Å². The van der Waals surface area contributed by atoms with E-state index in [0.717, 1.165) is 96.3 Å². The zero-order valence-electron chi connectivity index (χ0n) is 32.7. The molecule has 0 aromatic rings. The van der Waals surface area contributed by atoms with Crippen molar-refractivity contribution in [2.45, 2.75) is 206 Å². The van der Waals surface area contributed by atoms with Crippen molar-refractivity contribution in [1.29, 1.82) is 0 Å². The fraction of sp³-hybridized carbons (Fsp3) is 0.696. The van der Waals surface area contributed by atoms with Gasteiger partial charge in [-0.15, -0.1) is 0 Å². The van der Waals surface area contributed by atoms with Gasteiger partial charge in [0.1, 0.15) is 6.10 Å². The highest BCUT2D eigenvalue weighted by atomic mass is 16.5. The van der Waals surface area contributed by atoms with Crippen molar-refractivity contribution >= 4 is 11.9 Å². The van der Waals surface area contributed by atoms with Crippen molar-refractivity contribution in [3.05, 3.63) is 72.9 Å². The molecule has 0 aromatic heterocycles. The van der Waals surface area contributed by atoms with Crippen LogP contribution in [0.2, 0.25) is 0 Å². The van der Waals surface area contributed by atoms with Crippen LogP contribution in [0.25, 0.3) is 0 Å². The number of carboxylic acids is 1. The molecule has 0 aliphatic rings. The van der Waals surface area contributed by atoms with E-state index in [4.69, 9.17) is 9.84 Å². The van der Waals surface area contributed by atoms with E-state index < -0.39 is 5.97 Å². The van der Waals surface area contributed by atoms with Crippen LogP contribution in [0.5, 0.6) is 0 Å². The van der Waals surface area contributed by atoms with Gasteiger partial charge in [0.2, 0.25) is 0 Å². The molecular weight excluding hydrogens is 617 g/mol. The molecule has 0 spiro atoms. The molecule has 0 saturated heterocycles. The van der Waals surface area contributed by atoms with Crippen LogP contribution in [0.15, 0.2) is 72.9 Å². The summed E-state index contributed by atoms with van der Waals surface area (Å²) >= 11 is 0. The highest BCUT2D eigenvalue weighted by Crippen LogP contribution is 2.16. The molecule has 1 N–H and O–H groups in total. The number of hydrogen-bond acceptors (Lipinski definition) is 3. The number of aliphatic carboxylic acids is 1. The van der Waals surface area contributed by atoms with Gasteiger partial charge in [0, 0.05) is 12.8 Å². The van der Waals surface area contributed by atoms with Crippen molar-refractivity contribution in [2.24, 2.45) is 0 Å². The van der Waals surface area contributed by atoms with Gasteiger partial charge in [0.05, 0.1) is 0 Å². The minimum absolute atomic E-state index is 0.0614. The maximum atomic E-state index is 12.6. The molecule has 0 rings (SSSR count). The number of unbranched alkanes of at least 4 members (excludes halogenated alkanes) is 18. The van der Waals surface area contributed by atoms with Crippen molar-refractivity contribution in [3.63, 3.8) is 0 Å². The molecule has 0 bridgehead atoms. The summed E-state index contributed by atoms with van der Waals surface area (Å²) in [5.41, 5.74) is 0. The Bertz CT molecular complexity index is 922. The highest BCUT2D eigenvalue weighted by molar-refractivity contribution is 5.69. The molecule has 286 valence electrons. The van der Waals surface area contributed by atoms with Crippen LogP contribution < -0.4 is 0 Å².